The highest BCUT2D eigenvalue weighted by Gasteiger charge is 2.51. The van der Waals surface area contributed by atoms with Crippen LogP contribution in [-0.2, 0) is 9.59 Å². The number of carbonyl (C=O) groups is 3. The molecule has 4 heterocycles. The Kier molecular flexibility index (Phi) is 9.68. The van der Waals surface area contributed by atoms with Crippen molar-refractivity contribution in [1.29, 1.82) is 0 Å². The number of carboxylic acid groups (broad SMARTS) is 2. The molecule has 1 aromatic carbocycles. The quantitative estimate of drug-likeness (QED) is 0.409. The molecule has 2 aliphatic heterocycles. The number of benzene rings is 1. The van der Waals surface area contributed by atoms with E-state index in [4.69, 9.17) is 24.5 Å². The fourth-order valence-corrected chi connectivity index (χ4v) is 5.37. The summed E-state index contributed by atoms with van der Waals surface area (Å²) in [6.45, 7) is 1.52. The van der Waals surface area contributed by atoms with E-state index in [2.05, 4.69) is 9.97 Å². The number of fused-ring (bicyclic) bond motifs is 1. The van der Waals surface area contributed by atoms with E-state index in [-0.39, 0.29) is 16.8 Å². The topological polar surface area (TPSA) is 130 Å². The van der Waals surface area contributed by atoms with Crippen molar-refractivity contribution in [1.82, 2.24) is 14.9 Å². The maximum atomic E-state index is 12.8. The molecule has 16 heteroatoms. The van der Waals surface area contributed by atoms with Crippen LogP contribution in [0, 0.1) is 0 Å². The van der Waals surface area contributed by atoms with Gasteiger partial charge < -0.3 is 19.8 Å². The van der Waals surface area contributed by atoms with Crippen LogP contribution in [0.5, 0.6) is 5.75 Å². The Morgan fingerprint density at radius 2 is 1.54 bits per heavy atom. The van der Waals surface area contributed by atoms with Gasteiger partial charge in [0.05, 0.1) is 16.5 Å². The number of halogens is 6. The van der Waals surface area contributed by atoms with Crippen molar-refractivity contribution >= 4 is 40.5 Å². The molecule has 2 fully saturated rings. The number of amides is 1. The van der Waals surface area contributed by atoms with E-state index in [0.717, 1.165) is 41.9 Å². The zero-order valence-electron chi connectivity index (χ0n) is 20.7. The van der Waals surface area contributed by atoms with Crippen LogP contribution in [-0.4, -0.2) is 85.0 Å². The molecule has 1 unspecified atom stereocenters. The van der Waals surface area contributed by atoms with Crippen LogP contribution in [0.15, 0.2) is 60.9 Å². The van der Waals surface area contributed by atoms with E-state index in [9.17, 15) is 31.1 Å². The van der Waals surface area contributed by atoms with Crippen LogP contribution in [0.25, 0.3) is 10.9 Å². The lowest BCUT2D eigenvalue weighted by Gasteiger charge is -2.47. The van der Waals surface area contributed by atoms with Gasteiger partial charge in [-0.1, -0.05) is 24.3 Å². The molecule has 5 rings (SSSR count). The predicted octanol–water partition coefficient (Wildman–Crippen LogP) is 4.68. The van der Waals surface area contributed by atoms with Crippen molar-refractivity contribution in [3.05, 3.63) is 66.6 Å². The number of hydrogen-bond donors (Lipinski definition) is 2. The van der Waals surface area contributed by atoms with Gasteiger partial charge in [0, 0.05) is 36.8 Å². The summed E-state index contributed by atoms with van der Waals surface area (Å²) in [6, 6.07) is 15.5. The molecule has 0 aliphatic carbocycles. The van der Waals surface area contributed by atoms with E-state index in [1.54, 1.807) is 12.4 Å². The molecule has 2 aliphatic rings. The summed E-state index contributed by atoms with van der Waals surface area (Å²) >= 11 is 1.92. The third-order valence-electron chi connectivity index (χ3n) is 5.66. The zero-order chi connectivity index (χ0) is 30.4. The van der Waals surface area contributed by atoms with E-state index in [0.29, 0.717) is 5.69 Å². The van der Waals surface area contributed by atoms with Gasteiger partial charge in [-0.3, -0.25) is 9.78 Å². The highest BCUT2D eigenvalue weighted by molar-refractivity contribution is 8.01. The van der Waals surface area contributed by atoms with Gasteiger partial charge in [-0.2, -0.15) is 26.3 Å². The van der Waals surface area contributed by atoms with Crippen LogP contribution < -0.4 is 4.74 Å². The van der Waals surface area contributed by atoms with Gasteiger partial charge >= 0.3 is 24.3 Å². The minimum atomic E-state index is -5.08. The highest BCUT2D eigenvalue weighted by atomic mass is 32.2. The van der Waals surface area contributed by atoms with Gasteiger partial charge in [-0.25, -0.2) is 14.6 Å². The molecule has 2 aromatic heterocycles. The minimum absolute atomic E-state index is 0.0172. The van der Waals surface area contributed by atoms with Gasteiger partial charge in [0.2, 0.25) is 0 Å². The van der Waals surface area contributed by atoms with Crippen molar-refractivity contribution in [2.45, 2.75) is 29.6 Å². The fourth-order valence-electron chi connectivity index (χ4n) is 3.85. The molecule has 1 atom stereocenters. The van der Waals surface area contributed by atoms with Crippen molar-refractivity contribution in [3.63, 3.8) is 0 Å². The molecule has 2 saturated heterocycles. The van der Waals surface area contributed by atoms with Crippen molar-refractivity contribution in [3.8, 4) is 5.75 Å². The smallest absolute Gasteiger partial charge is 0.488 e. The lowest BCUT2D eigenvalue weighted by atomic mass is 9.92. The highest BCUT2D eigenvalue weighted by Crippen LogP contribution is 2.46. The van der Waals surface area contributed by atoms with Crippen LogP contribution >= 0.6 is 11.8 Å². The zero-order valence-corrected chi connectivity index (χ0v) is 21.5. The first-order valence-electron chi connectivity index (χ1n) is 11.6. The number of nitrogens with zero attached hydrogens (tertiary/aromatic N) is 3. The lowest BCUT2D eigenvalue weighted by Crippen LogP contribution is -2.61. The van der Waals surface area contributed by atoms with E-state index < -0.39 is 24.3 Å². The molecule has 2 N–H and O–H groups in total. The molecule has 0 radical (unpaired) electrons. The fraction of sp³-hybridized carbons (Fsp3) is 0.320. The average molecular weight is 606 g/mol. The van der Waals surface area contributed by atoms with Crippen molar-refractivity contribution in [2.75, 3.05) is 18.8 Å². The Bertz CT molecular complexity index is 1360. The molecular formula is C25H21F6N3O6S. The van der Waals surface area contributed by atoms with Gasteiger partial charge in [0.25, 0.3) is 5.91 Å². The Labute approximate surface area is 232 Å². The number of likely N-dealkylation sites (tertiary alicyclic amines) is 1. The van der Waals surface area contributed by atoms with Crippen LogP contribution in [0.4, 0.5) is 26.3 Å². The van der Waals surface area contributed by atoms with Gasteiger partial charge in [-0.15, -0.1) is 11.8 Å². The predicted molar refractivity (Wildman–Crippen MR) is 133 cm³/mol. The SMILES string of the molecule is O=C(O)C(F)(F)F.O=C(O)C(F)(F)F.O=C(c1ccc2ccccc2n1)N1CC2(CC(Oc3cccnc3)CS2)C1. The second-order valence-electron chi connectivity index (χ2n) is 8.78. The van der Waals surface area contributed by atoms with Crippen LogP contribution in [0.3, 0.4) is 0 Å². The number of thioether (sulfide) groups is 1. The Morgan fingerprint density at radius 1 is 0.927 bits per heavy atom. The molecular weight excluding hydrogens is 584 g/mol. The summed E-state index contributed by atoms with van der Waals surface area (Å²) in [4.78, 5) is 41.1. The number of aliphatic carboxylic acids is 2. The molecule has 3 aromatic rings. The van der Waals surface area contributed by atoms with Crippen molar-refractivity contribution in [2.24, 2.45) is 0 Å². The Morgan fingerprint density at radius 3 is 2.10 bits per heavy atom. The van der Waals surface area contributed by atoms with E-state index in [1.807, 2.05) is 65.2 Å². The maximum absolute atomic E-state index is 12.8. The number of aromatic nitrogens is 2. The number of para-hydroxylation sites is 1. The molecule has 1 amide bonds. The molecule has 9 nitrogen and oxygen atoms in total. The molecule has 0 bridgehead atoms. The summed E-state index contributed by atoms with van der Waals surface area (Å²) in [7, 11) is 0. The second kappa shape index (κ2) is 12.6. The van der Waals surface area contributed by atoms with Gasteiger partial charge in [0.15, 0.2) is 0 Å². The maximum Gasteiger partial charge on any atom is 0.490 e. The summed E-state index contributed by atoms with van der Waals surface area (Å²) in [6.07, 6.45) is -5.54. The second-order valence-corrected chi connectivity index (χ2v) is 10.3. The summed E-state index contributed by atoms with van der Waals surface area (Å²) in [5.74, 6) is -3.73. The first-order chi connectivity index (χ1) is 19.1. The summed E-state index contributed by atoms with van der Waals surface area (Å²) in [5.41, 5.74) is 1.38. The number of hydrogen-bond acceptors (Lipinski definition) is 7. The molecule has 41 heavy (non-hydrogen) atoms. The van der Waals surface area contributed by atoms with E-state index >= 15 is 0 Å². The lowest BCUT2D eigenvalue weighted by molar-refractivity contribution is -0.193. The number of carbonyl (C=O) groups excluding carboxylic acids is 1. The van der Waals surface area contributed by atoms with Crippen molar-refractivity contribution < 1.29 is 55.7 Å². The van der Waals surface area contributed by atoms with Gasteiger partial charge in [0.1, 0.15) is 17.5 Å². The standard InChI is InChI=1S/C21H19N3O2S.2C2HF3O2/c25-20(19-8-7-15-4-1-2-6-18(15)23-19)24-13-21(14-24)10-17(12-27-21)26-16-5-3-9-22-11-16;2*3-2(4,5)1(6)7/h1-9,11,17H,10,12-14H2;2*(H,6,7). The Hall–Kier alpha value is -4.08. The third kappa shape index (κ3) is 8.70. The number of carboxylic acids is 2. The first-order valence-corrected chi connectivity index (χ1v) is 12.5. The number of rotatable bonds is 3. The largest absolute Gasteiger partial charge is 0.490 e. The number of ether oxygens (including phenoxy) is 1. The first kappa shape index (κ1) is 31.4. The normalized spacial score (nSPS) is 17.4. The summed E-state index contributed by atoms with van der Waals surface area (Å²) < 4.78 is 69.6. The molecule has 220 valence electrons. The summed E-state index contributed by atoms with van der Waals surface area (Å²) in [5, 5.41) is 15.3. The van der Waals surface area contributed by atoms with Crippen LogP contribution in [0.1, 0.15) is 16.9 Å². The molecule has 0 saturated carbocycles. The number of alkyl halides is 6. The monoisotopic (exact) mass is 605 g/mol. The minimum Gasteiger partial charge on any atom is -0.488 e. The van der Waals surface area contributed by atoms with E-state index in [1.165, 1.54) is 0 Å². The third-order valence-corrected chi connectivity index (χ3v) is 7.24. The van der Waals surface area contributed by atoms with Crippen LogP contribution in [0.2, 0.25) is 0 Å². The molecule has 1 spiro atoms. The number of pyridine rings is 2. The van der Waals surface area contributed by atoms with Gasteiger partial charge in [-0.05, 0) is 24.3 Å². The Balaban J connectivity index is 0.000000276. The average Bonchev–Trinajstić information content (AvgIpc) is 3.31.